The van der Waals surface area contributed by atoms with Gasteiger partial charge in [0.25, 0.3) is 0 Å². The summed E-state index contributed by atoms with van der Waals surface area (Å²) in [6.45, 7) is 6.62. The van der Waals surface area contributed by atoms with E-state index in [1.54, 1.807) is 6.92 Å². The van der Waals surface area contributed by atoms with E-state index >= 15 is 0 Å². The number of rotatable bonds is 5. The monoisotopic (exact) mass is 228 g/mol. The van der Waals surface area contributed by atoms with E-state index in [0.29, 0.717) is 5.92 Å². The average molecular weight is 228 g/mol. The lowest BCUT2D eigenvalue weighted by atomic mass is 9.90. The molecule has 1 aliphatic rings. The lowest BCUT2D eigenvalue weighted by Gasteiger charge is -2.37. The molecule has 4 nitrogen and oxygen atoms in total. The Bertz CT molecular complexity index is 207. The maximum absolute atomic E-state index is 11.1. The van der Waals surface area contributed by atoms with Gasteiger partial charge >= 0.3 is 0 Å². The van der Waals surface area contributed by atoms with Gasteiger partial charge in [-0.15, -0.1) is 0 Å². The molecule has 0 bridgehead atoms. The molecule has 94 valence electrons. The standard InChI is InChI=1S/C12H24N2O2/c1-3-4-11-7-12(13-10(2)16)9-14(8-11)5-6-15/h11-12,15H,3-9H2,1-2H3,(H,13,16). The van der Waals surface area contributed by atoms with Gasteiger partial charge in [-0.1, -0.05) is 13.3 Å². The normalized spacial score (nSPS) is 26.7. The summed E-state index contributed by atoms with van der Waals surface area (Å²) in [6.07, 6.45) is 3.47. The molecular formula is C12H24N2O2. The minimum atomic E-state index is 0.0473. The Balaban J connectivity index is 2.48. The zero-order valence-electron chi connectivity index (χ0n) is 10.4. The molecule has 1 heterocycles. The van der Waals surface area contributed by atoms with Crippen LogP contribution in [0.5, 0.6) is 0 Å². The van der Waals surface area contributed by atoms with Crippen molar-refractivity contribution in [3.63, 3.8) is 0 Å². The number of hydrogen-bond donors (Lipinski definition) is 2. The molecule has 0 saturated carbocycles. The van der Waals surface area contributed by atoms with E-state index in [4.69, 9.17) is 5.11 Å². The first-order valence-corrected chi connectivity index (χ1v) is 6.26. The van der Waals surface area contributed by atoms with Crippen molar-refractivity contribution in [3.8, 4) is 0 Å². The zero-order valence-corrected chi connectivity index (χ0v) is 10.4. The first-order valence-electron chi connectivity index (χ1n) is 6.26. The molecule has 0 aromatic heterocycles. The van der Waals surface area contributed by atoms with Crippen molar-refractivity contribution < 1.29 is 9.90 Å². The minimum Gasteiger partial charge on any atom is -0.395 e. The van der Waals surface area contributed by atoms with Crippen molar-refractivity contribution in [1.82, 2.24) is 10.2 Å². The van der Waals surface area contributed by atoms with E-state index in [1.807, 2.05) is 0 Å². The van der Waals surface area contributed by atoms with Crippen LogP contribution in [0.15, 0.2) is 0 Å². The Morgan fingerprint density at radius 3 is 2.81 bits per heavy atom. The molecular weight excluding hydrogens is 204 g/mol. The highest BCUT2D eigenvalue weighted by Crippen LogP contribution is 2.21. The van der Waals surface area contributed by atoms with Crippen molar-refractivity contribution in [3.05, 3.63) is 0 Å². The maximum atomic E-state index is 11.1. The molecule has 1 fully saturated rings. The number of hydrogen-bond acceptors (Lipinski definition) is 3. The molecule has 0 aromatic rings. The smallest absolute Gasteiger partial charge is 0.217 e. The maximum Gasteiger partial charge on any atom is 0.217 e. The van der Waals surface area contributed by atoms with E-state index in [0.717, 1.165) is 26.1 Å². The van der Waals surface area contributed by atoms with Crippen molar-refractivity contribution in [1.29, 1.82) is 0 Å². The number of piperidine rings is 1. The van der Waals surface area contributed by atoms with E-state index in [-0.39, 0.29) is 18.6 Å². The zero-order chi connectivity index (χ0) is 12.0. The van der Waals surface area contributed by atoms with Crippen LogP contribution in [0.1, 0.15) is 33.1 Å². The van der Waals surface area contributed by atoms with Crippen LogP contribution in [0.4, 0.5) is 0 Å². The van der Waals surface area contributed by atoms with Crippen molar-refractivity contribution in [2.75, 3.05) is 26.2 Å². The molecule has 1 amide bonds. The average Bonchev–Trinajstić information content (AvgIpc) is 2.17. The van der Waals surface area contributed by atoms with Gasteiger partial charge in [-0.25, -0.2) is 0 Å². The highest BCUT2D eigenvalue weighted by atomic mass is 16.3. The lowest BCUT2D eigenvalue weighted by molar-refractivity contribution is -0.120. The number of nitrogens with zero attached hydrogens (tertiary/aromatic N) is 1. The van der Waals surface area contributed by atoms with Crippen LogP contribution in [0, 0.1) is 5.92 Å². The molecule has 1 rings (SSSR count). The summed E-state index contributed by atoms with van der Waals surface area (Å²) >= 11 is 0. The molecule has 0 radical (unpaired) electrons. The summed E-state index contributed by atoms with van der Waals surface area (Å²) in [5.74, 6) is 0.702. The second-order valence-electron chi connectivity index (χ2n) is 4.77. The SMILES string of the molecule is CCCC1CC(NC(C)=O)CN(CCO)C1. The van der Waals surface area contributed by atoms with Gasteiger partial charge in [-0.3, -0.25) is 9.69 Å². The number of nitrogens with one attached hydrogen (secondary N) is 1. The van der Waals surface area contributed by atoms with Gasteiger partial charge < -0.3 is 10.4 Å². The van der Waals surface area contributed by atoms with Crippen molar-refractivity contribution >= 4 is 5.91 Å². The number of likely N-dealkylation sites (tertiary alicyclic amines) is 1. The quantitative estimate of drug-likeness (QED) is 0.725. The third-order valence-electron chi connectivity index (χ3n) is 3.13. The number of amides is 1. The number of aliphatic hydroxyl groups excluding tert-OH is 1. The summed E-state index contributed by atoms with van der Waals surface area (Å²) in [5, 5.41) is 12.0. The molecule has 0 spiro atoms. The van der Waals surface area contributed by atoms with E-state index in [2.05, 4.69) is 17.1 Å². The summed E-state index contributed by atoms with van der Waals surface area (Å²) in [7, 11) is 0. The second kappa shape index (κ2) is 6.86. The Labute approximate surface area is 98.0 Å². The van der Waals surface area contributed by atoms with Gasteiger partial charge in [-0.2, -0.15) is 0 Å². The van der Waals surface area contributed by atoms with Crippen LogP contribution >= 0.6 is 0 Å². The molecule has 1 saturated heterocycles. The van der Waals surface area contributed by atoms with E-state index in [9.17, 15) is 4.79 Å². The van der Waals surface area contributed by atoms with Crippen LogP contribution in [0.2, 0.25) is 0 Å². The Hall–Kier alpha value is -0.610. The lowest BCUT2D eigenvalue weighted by Crippen LogP contribution is -2.51. The number of carbonyl (C=O) groups excluding carboxylic acids is 1. The predicted octanol–water partition coefficient (Wildman–Crippen LogP) is 0.605. The first kappa shape index (κ1) is 13.5. The van der Waals surface area contributed by atoms with E-state index in [1.165, 1.54) is 12.8 Å². The Morgan fingerprint density at radius 2 is 2.25 bits per heavy atom. The van der Waals surface area contributed by atoms with Crippen LogP contribution < -0.4 is 5.32 Å². The van der Waals surface area contributed by atoms with Crippen LogP contribution in [-0.2, 0) is 4.79 Å². The van der Waals surface area contributed by atoms with Crippen LogP contribution in [0.25, 0.3) is 0 Å². The first-order chi connectivity index (χ1) is 7.65. The number of carbonyl (C=O) groups is 1. The Kier molecular flexibility index (Phi) is 5.77. The largest absolute Gasteiger partial charge is 0.395 e. The molecule has 2 atom stereocenters. The highest BCUT2D eigenvalue weighted by molar-refractivity contribution is 5.73. The minimum absolute atomic E-state index is 0.0473. The van der Waals surface area contributed by atoms with Crippen LogP contribution in [0.3, 0.4) is 0 Å². The number of β-amino-alcohol motifs (C(OH)–C–C–N with tert-alkyl or cyclic N) is 1. The summed E-state index contributed by atoms with van der Waals surface area (Å²) in [4.78, 5) is 13.3. The fourth-order valence-electron chi connectivity index (χ4n) is 2.64. The summed E-state index contributed by atoms with van der Waals surface area (Å²) in [6, 6.07) is 0.259. The van der Waals surface area contributed by atoms with Crippen LogP contribution in [-0.4, -0.2) is 48.2 Å². The second-order valence-corrected chi connectivity index (χ2v) is 4.77. The summed E-state index contributed by atoms with van der Waals surface area (Å²) < 4.78 is 0. The van der Waals surface area contributed by atoms with Gasteiger partial charge in [0.15, 0.2) is 0 Å². The predicted molar refractivity (Wildman–Crippen MR) is 64.1 cm³/mol. The molecule has 2 unspecified atom stereocenters. The topological polar surface area (TPSA) is 52.6 Å². The number of aliphatic hydroxyl groups is 1. The van der Waals surface area contributed by atoms with Gasteiger partial charge in [-0.05, 0) is 18.8 Å². The molecule has 0 aromatic carbocycles. The molecule has 1 aliphatic heterocycles. The van der Waals surface area contributed by atoms with E-state index < -0.39 is 0 Å². The molecule has 2 N–H and O–H groups in total. The molecule has 0 aliphatic carbocycles. The molecule has 16 heavy (non-hydrogen) atoms. The van der Waals surface area contributed by atoms with Gasteiger partial charge in [0.2, 0.25) is 5.91 Å². The molecule has 4 heteroatoms. The third-order valence-corrected chi connectivity index (χ3v) is 3.13. The van der Waals surface area contributed by atoms with Gasteiger partial charge in [0, 0.05) is 32.6 Å². The van der Waals surface area contributed by atoms with Crippen molar-refractivity contribution in [2.24, 2.45) is 5.92 Å². The van der Waals surface area contributed by atoms with Gasteiger partial charge in [0.05, 0.1) is 6.61 Å². The van der Waals surface area contributed by atoms with Crippen molar-refractivity contribution in [2.45, 2.75) is 39.2 Å². The third kappa shape index (κ3) is 4.49. The fourth-order valence-corrected chi connectivity index (χ4v) is 2.64. The summed E-state index contributed by atoms with van der Waals surface area (Å²) in [5.41, 5.74) is 0. The van der Waals surface area contributed by atoms with Gasteiger partial charge in [0.1, 0.15) is 0 Å². The Morgan fingerprint density at radius 1 is 1.50 bits per heavy atom. The highest BCUT2D eigenvalue weighted by Gasteiger charge is 2.26. The fraction of sp³-hybridized carbons (Fsp3) is 0.917.